The third kappa shape index (κ3) is 3.88. The molecule has 2 aromatic rings. The highest BCUT2D eigenvalue weighted by atomic mass is 16.2. The van der Waals surface area contributed by atoms with Crippen molar-refractivity contribution >= 4 is 11.6 Å². The van der Waals surface area contributed by atoms with E-state index < -0.39 is 0 Å². The van der Waals surface area contributed by atoms with Gasteiger partial charge in [0.25, 0.3) is 11.5 Å². The van der Waals surface area contributed by atoms with E-state index in [0.717, 1.165) is 31.0 Å². The fourth-order valence-corrected chi connectivity index (χ4v) is 3.74. The van der Waals surface area contributed by atoms with E-state index in [1.807, 2.05) is 45.0 Å². The first-order valence-electron chi connectivity index (χ1n) is 9.33. The van der Waals surface area contributed by atoms with Gasteiger partial charge in [-0.05, 0) is 76.0 Å². The average molecular weight is 353 g/mol. The summed E-state index contributed by atoms with van der Waals surface area (Å²) in [6.45, 7) is 9.33. The predicted octanol–water partition coefficient (Wildman–Crippen LogP) is 3.33. The van der Waals surface area contributed by atoms with Crippen molar-refractivity contribution in [1.82, 2.24) is 9.47 Å². The number of hydrogen-bond acceptors (Lipinski definition) is 3. The van der Waals surface area contributed by atoms with Crippen molar-refractivity contribution in [2.45, 2.75) is 46.7 Å². The Morgan fingerprint density at radius 2 is 1.88 bits per heavy atom. The molecule has 1 aliphatic heterocycles. The summed E-state index contributed by atoms with van der Waals surface area (Å²) in [4.78, 5) is 27.8. The van der Waals surface area contributed by atoms with Crippen molar-refractivity contribution in [3.63, 3.8) is 0 Å². The van der Waals surface area contributed by atoms with E-state index in [9.17, 15) is 9.59 Å². The smallest absolute Gasteiger partial charge is 0.263 e. The molecule has 1 aliphatic rings. The molecule has 5 heteroatoms. The number of carbonyl (C=O) groups excluding carboxylic acids is 1. The molecule has 0 radical (unpaired) electrons. The topological polar surface area (TPSA) is 54.3 Å². The maximum atomic E-state index is 12.8. The Hall–Kier alpha value is -2.40. The Morgan fingerprint density at radius 1 is 1.15 bits per heavy atom. The van der Waals surface area contributed by atoms with Gasteiger partial charge >= 0.3 is 0 Å². The third-order valence-corrected chi connectivity index (χ3v) is 5.04. The molecule has 1 amide bonds. The summed E-state index contributed by atoms with van der Waals surface area (Å²) in [5.41, 5.74) is 3.49. The number of benzene rings is 1. The highest BCUT2D eigenvalue weighted by Gasteiger charge is 2.18. The summed E-state index contributed by atoms with van der Waals surface area (Å²) >= 11 is 0. The number of anilines is 1. The first kappa shape index (κ1) is 18.4. The monoisotopic (exact) mass is 353 g/mol. The molecule has 1 aromatic carbocycles. The minimum Gasteiger partial charge on any atom is -0.322 e. The largest absolute Gasteiger partial charge is 0.322 e. The zero-order chi connectivity index (χ0) is 18.7. The molecule has 1 saturated heterocycles. The second kappa shape index (κ2) is 7.87. The number of aryl methyl sites for hydroxylation is 2. The lowest BCUT2D eigenvalue weighted by Gasteiger charge is -2.16. The van der Waals surface area contributed by atoms with Crippen LogP contribution in [0.25, 0.3) is 0 Å². The van der Waals surface area contributed by atoms with E-state index in [4.69, 9.17) is 0 Å². The van der Waals surface area contributed by atoms with Crippen LogP contribution in [0.1, 0.15) is 46.9 Å². The van der Waals surface area contributed by atoms with Gasteiger partial charge in [0.15, 0.2) is 0 Å². The van der Waals surface area contributed by atoms with Crippen molar-refractivity contribution in [3.05, 3.63) is 63.1 Å². The first-order valence-corrected chi connectivity index (χ1v) is 9.33. The van der Waals surface area contributed by atoms with Gasteiger partial charge < -0.3 is 9.88 Å². The quantitative estimate of drug-likeness (QED) is 0.897. The Bertz CT molecular complexity index is 864. The SMILES string of the molecule is CCn1c(C)cc(C)c(C(=O)Nc2cccc(CN3CCCC3)c2)c1=O. The van der Waals surface area contributed by atoms with Crippen LogP contribution < -0.4 is 10.9 Å². The molecule has 5 nitrogen and oxygen atoms in total. The molecule has 138 valence electrons. The maximum absolute atomic E-state index is 12.8. The number of rotatable bonds is 5. The zero-order valence-corrected chi connectivity index (χ0v) is 15.8. The molecule has 0 unspecified atom stereocenters. The first-order chi connectivity index (χ1) is 12.5. The lowest BCUT2D eigenvalue weighted by atomic mass is 10.1. The van der Waals surface area contributed by atoms with Crippen LogP contribution >= 0.6 is 0 Å². The molecule has 1 N–H and O–H groups in total. The number of aromatic nitrogens is 1. The molecule has 0 atom stereocenters. The van der Waals surface area contributed by atoms with Gasteiger partial charge in [-0.2, -0.15) is 0 Å². The number of nitrogens with zero attached hydrogens (tertiary/aromatic N) is 2. The van der Waals surface area contributed by atoms with Crippen molar-refractivity contribution in [2.24, 2.45) is 0 Å². The molecule has 0 bridgehead atoms. The predicted molar refractivity (Wildman–Crippen MR) is 105 cm³/mol. The van der Waals surface area contributed by atoms with Crippen molar-refractivity contribution in [3.8, 4) is 0 Å². The molecule has 0 spiro atoms. The number of nitrogens with one attached hydrogen (secondary N) is 1. The van der Waals surface area contributed by atoms with Crippen LogP contribution in [0.3, 0.4) is 0 Å². The highest BCUT2D eigenvalue weighted by molar-refractivity contribution is 6.05. The summed E-state index contributed by atoms with van der Waals surface area (Å²) in [5, 5.41) is 2.91. The second-order valence-electron chi connectivity index (χ2n) is 7.03. The van der Waals surface area contributed by atoms with Gasteiger partial charge in [0, 0.05) is 24.5 Å². The van der Waals surface area contributed by atoms with Gasteiger partial charge in [0.1, 0.15) is 5.56 Å². The average Bonchev–Trinajstić information content (AvgIpc) is 3.08. The summed E-state index contributed by atoms with van der Waals surface area (Å²) in [7, 11) is 0. The molecule has 0 saturated carbocycles. The molecule has 26 heavy (non-hydrogen) atoms. The third-order valence-electron chi connectivity index (χ3n) is 5.04. The molecule has 2 heterocycles. The molecular weight excluding hydrogens is 326 g/mol. The van der Waals surface area contributed by atoms with Crippen LogP contribution in [0.15, 0.2) is 35.1 Å². The molecular formula is C21H27N3O2. The van der Waals surface area contributed by atoms with Crippen LogP contribution in [0.4, 0.5) is 5.69 Å². The number of hydrogen-bond donors (Lipinski definition) is 1. The molecule has 0 aliphatic carbocycles. The van der Waals surface area contributed by atoms with Crippen LogP contribution in [0.2, 0.25) is 0 Å². The van der Waals surface area contributed by atoms with Gasteiger partial charge in [-0.15, -0.1) is 0 Å². The fourth-order valence-electron chi connectivity index (χ4n) is 3.74. The lowest BCUT2D eigenvalue weighted by Crippen LogP contribution is -2.31. The fraction of sp³-hybridized carbons (Fsp3) is 0.429. The summed E-state index contributed by atoms with van der Waals surface area (Å²) in [6.07, 6.45) is 2.51. The van der Waals surface area contributed by atoms with Gasteiger partial charge in [-0.3, -0.25) is 14.5 Å². The molecule has 3 rings (SSSR count). The Balaban J connectivity index is 1.81. The van der Waals surface area contributed by atoms with E-state index in [1.54, 1.807) is 4.57 Å². The van der Waals surface area contributed by atoms with Gasteiger partial charge in [0.2, 0.25) is 0 Å². The van der Waals surface area contributed by atoms with E-state index in [1.165, 1.54) is 18.4 Å². The number of amides is 1. The van der Waals surface area contributed by atoms with Crippen LogP contribution in [0, 0.1) is 13.8 Å². The van der Waals surface area contributed by atoms with Crippen LogP contribution in [-0.2, 0) is 13.1 Å². The van der Waals surface area contributed by atoms with Crippen LogP contribution in [-0.4, -0.2) is 28.5 Å². The van der Waals surface area contributed by atoms with Gasteiger partial charge in [-0.1, -0.05) is 12.1 Å². The van der Waals surface area contributed by atoms with Crippen molar-refractivity contribution < 1.29 is 4.79 Å². The standard InChI is InChI=1S/C21H27N3O2/c1-4-24-16(3)12-15(2)19(21(24)26)20(25)22-18-9-7-8-17(13-18)14-23-10-5-6-11-23/h7-9,12-13H,4-6,10-11,14H2,1-3H3,(H,22,25). The van der Waals surface area contributed by atoms with E-state index in [-0.39, 0.29) is 17.0 Å². The minimum absolute atomic E-state index is 0.224. The lowest BCUT2D eigenvalue weighted by molar-refractivity contribution is 0.102. The van der Waals surface area contributed by atoms with Gasteiger partial charge in [0.05, 0.1) is 0 Å². The number of likely N-dealkylation sites (tertiary alicyclic amines) is 1. The number of carbonyl (C=O) groups is 1. The van der Waals surface area contributed by atoms with E-state index in [0.29, 0.717) is 12.1 Å². The summed E-state index contributed by atoms with van der Waals surface area (Å²) in [6, 6.07) is 9.79. The molecule has 1 aromatic heterocycles. The van der Waals surface area contributed by atoms with Crippen molar-refractivity contribution in [2.75, 3.05) is 18.4 Å². The Labute approximate surface area is 154 Å². The Morgan fingerprint density at radius 3 is 2.58 bits per heavy atom. The summed E-state index contributed by atoms with van der Waals surface area (Å²) < 4.78 is 1.63. The second-order valence-corrected chi connectivity index (χ2v) is 7.03. The van der Waals surface area contributed by atoms with Crippen LogP contribution in [0.5, 0.6) is 0 Å². The van der Waals surface area contributed by atoms with Crippen molar-refractivity contribution in [1.29, 1.82) is 0 Å². The zero-order valence-electron chi connectivity index (χ0n) is 15.8. The minimum atomic E-state index is -0.340. The molecule has 1 fully saturated rings. The van der Waals surface area contributed by atoms with Gasteiger partial charge in [-0.25, -0.2) is 0 Å². The normalized spacial score (nSPS) is 14.6. The highest BCUT2D eigenvalue weighted by Crippen LogP contribution is 2.17. The van der Waals surface area contributed by atoms with E-state index >= 15 is 0 Å². The number of pyridine rings is 1. The maximum Gasteiger partial charge on any atom is 0.263 e. The summed E-state index contributed by atoms with van der Waals surface area (Å²) in [5.74, 6) is -0.340. The van der Waals surface area contributed by atoms with E-state index in [2.05, 4.69) is 16.3 Å². The Kier molecular flexibility index (Phi) is 5.57.